The van der Waals surface area contributed by atoms with Gasteiger partial charge >= 0.3 is 0 Å². The zero-order chi connectivity index (χ0) is 13.4. The summed E-state index contributed by atoms with van der Waals surface area (Å²) in [5, 5.41) is 2.84. The molecular weight excluding hydrogens is 256 g/mol. The van der Waals surface area contributed by atoms with Crippen LogP contribution in [0, 0.1) is 0 Å². The van der Waals surface area contributed by atoms with Gasteiger partial charge in [-0.1, -0.05) is 18.2 Å². The fraction of sp³-hybridized carbons (Fsp3) is 0. The maximum Gasteiger partial charge on any atom is 0.196 e. The number of fused-ring (bicyclic) bond motifs is 1. The van der Waals surface area contributed by atoms with Crippen LogP contribution in [0.3, 0.4) is 0 Å². The average Bonchev–Trinajstić information content (AvgIpc) is 2.82. The summed E-state index contributed by atoms with van der Waals surface area (Å²) in [6.45, 7) is 0. The summed E-state index contributed by atoms with van der Waals surface area (Å²) >= 11 is 1.56. The van der Waals surface area contributed by atoms with Crippen molar-refractivity contribution >= 4 is 38.6 Å². The smallest absolute Gasteiger partial charge is 0.196 e. The van der Waals surface area contributed by atoms with E-state index >= 15 is 0 Å². The molecule has 1 heterocycles. The highest BCUT2D eigenvalue weighted by Gasteiger charge is 2.16. The van der Waals surface area contributed by atoms with E-state index in [-0.39, 0.29) is 5.78 Å². The molecule has 0 fully saturated rings. The average molecular weight is 268 g/mol. The van der Waals surface area contributed by atoms with Crippen LogP contribution in [-0.4, -0.2) is 5.78 Å². The molecule has 4 heteroatoms. The Kier molecular flexibility index (Phi) is 2.72. The quantitative estimate of drug-likeness (QED) is 0.553. The van der Waals surface area contributed by atoms with Crippen molar-refractivity contribution < 1.29 is 4.79 Å². The molecule has 0 aliphatic heterocycles. The first kappa shape index (κ1) is 11.7. The first-order valence-electron chi connectivity index (χ1n) is 5.83. The molecule has 1 aromatic heterocycles. The van der Waals surface area contributed by atoms with E-state index in [0.29, 0.717) is 22.5 Å². The summed E-state index contributed by atoms with van der Waals surface area (Å²) < 4.78 is 1.10. The first-order valence-corrected chi connectivity index (χ1v) is 6.71. The van der Waals surface area contributed by atoms with Crippen molar-refractivity contribution in [1.29, 1.82) is 0 Å². The number of benzene rings is 2. The number of hydrogen-bond acceptors (Lipinski definition) is 4. The third-order valence-electron chi connectivity index (χ3n) is 3.05. The molecule has 3 aromatic rings. The van der Waals surface area contributed by atoms with Crippen LogP contribution in [0.4, 0.5) is 11.4 Å². The normalized spacial score (nSPS) is 10.7. The van der Waals surface area contributed by atoms with E-state index in [2.05, 4.69) is 0 Å². The number of hydrogen-bond donors (Lipinski definition) is 2. The molecule has 0 saturated carbocycles. The van der Waals surface area contributed by atoms with Gasteiger partial charge in [0, 0.05) is 38.0 Å². The SMILES string of the molecule is Nc1ccc(C(=O)c2csc3ccccc23)c(N)c1. The largest absolute Gasteiger partial charge is 0.399 e. The Bertz CT molecular complexity index is 777. The number of carbonyl (C=O) groups is 1. The second-order valence-electron chi connectivity index (χ2n) is 4.32. The minimum absolute atomic E-state index is 0.0602. The van der Waals surface area contributed by atoms with Crippen molar-refractivity contribution in [3.8, 4) is 0 Å². The van der Waals surface area contributed by atoms with Gasteiger partial charge in [0.25, 0.3) is 0 Å². The summed E-state index contributed by atoms with van der Waals surface area (Å²) in [5.41, 5.74) is 13.7. The summed E-state index contributed by atoms with van der Waals surface area (Å²) in [5.74, 6) is -0.0602. The van der Waals surface area contributed by atoms with Crippen LogP contribution in [0.2, 0.25) is 0 Å². The molecule has 0 saturated heterocycles. The minimum atomic E-state index is -0.0602. The van der Waals surface area contributed by atoms with Crippen LogP contribution < -0.4 is 11.5 Å². The molecule has 0 atom stereocenters. The Morgan fingerprint density at radius 2 is 1.79 bits per heavy atom. The lowest BCUT2D eigenvalue weighted by Crippen LogP contribution is -2.05. The molecule has 0 bridgehead atoms. The second kappa shape index (κ2) is 4.40. The van der Waals surface area contributed by atoms with E-state index in [1.54, 1.807) is 29.5 Å². The van der Waals surface area contributed by atoms with Crippen LogP contribution >= 0.6 is 11.3 Å². The molecule has 94 valence electrons. The highest BCUT2D eigenvalue weighted by atomic mass is 32.1. The highest BCUT2D eigenvalue weighted by Crippen LogP contribution is 2.29. The molecule has 4 N–H and O–H groups in total. The van der Waals surface area contributed by atoms with E-state index < -0.39 is 0 Å². The molecule has 3 nitrogen and oxygen atoms in total. The zero-order valence-corrected chi connectivity index (χ0v) is 10.9. The van der Waals surface area contributed by atoms with Gasteiger partial charge in [0.2, 0.25) is 0 Å². The van der Waals surface area contributed by atoms with E-state index in [9.17, 15) is 4.79 Å². The van der Waals surface area contributed by atoms with E-state index in [0.717, 1.165) is 10.1 Å². The topological polar surface area (TPSA) is 69.1 Å². The van der Waals surface area contributed by atoms with Crippen molar-refractivity contribution in [3.05, 3.63) is 59.0 Å². The van der Waals surface area contributed by atoms with Crippen LogP contribution in [0.15, 0.2) is 47.8 Å². The third kappa shape index (κ3) is 1.96. The number of nitrogens with two attached hydrogens (primary N) is 2. The van der Waals surface area contributed by atoms with Crippen molar-refractivity contribution in [1.82, 2.24) is 0 Å². The third-order valence-corrected chi connectivity index (χ3v) is 4.01. The monoisotopic (exact) mass is 268 g/mol. The fourth-order valence-corrected chi connectivity index (χ4v) is 3.03. The lowest BCUT2D eigenvalue weighted by molar-refractivity contribution is 0.104. The summed E-state index contributed by atoms with van der Waals surface area (Å²) in [6, 6.07) is 12.8. The molecule has 0 amide bonds. The number of anilines is 2. The Morgan fingerprint density at radius 1 is 1.00 bits per heavy atom. The Labute approximate surface area is 114 Å². The van der Waals surface area contributed by atoms with Gasteiger partial charge in [-0.15, -0.1) is 11.3 Å². The number of rotatable bonds is 2. The minimum Gasteiger partial charge on any atom is -0.399 e. The van der Waals surface area contributed by atoms with Crippen molar-refractivity contribution in [2.45, 2.75) is 0 Å². The highest BCUT2D eigenvalue weighted by molar-refractivity contribution is 7.17. The Morgan fingerprint density at radius 3 is 2.58 bits per heavy atom. The van der Waals surface area contributed by atoms with Gasteiger partial charge in [-0.2, -0.15) is 0 Å². The molecule has 3 rings (SSSR count). The zero-order valence-electron chi connectivity index (χ0n) is 10.1. The number of ketones is 1. The molecule has 0 aliphatic carbocycles. The van der Waals surface area contributed by atoms with Gasteiger partial charge in [-0.3, -0.25) is 4.79 Å². The maximum absolute atomic E-state index is 12.5. The predicted octanol–water partition coefficient (Wildman–Crippen LogP) is 3.30. The summed E-state index contributed by atoms with van der Waals surface area (Å²) in [7, 11) is 0. The van der Waals surface area contributed by atoms with Crippen molar-refractivity contribution in [2.75, 3.05) is 11.5 Å². The molecular formula is C15H12N2OS. The van der Waals surface area contributed by atoms with Crippen molar-refractivity contribution in [2.24, 2.45) is 0 Å². The van der Waals surface area contributed by atoms with Gasteiger partial charge < -0.3 is 11.5 Å². The van der Waals surface area contributed by atoms with Gasteiger partial charge in [-0.05, 0) is 24.3 Å². The molecule has 19 heavy (non-hydrogen) atoms. The van der Waals surface area contributed by atoms with Crippen LogP contribution in [0.25, 0.3) is 10.1 Å². The van der Waals surface area contributed by atoms with Gasteiger partial charge in [-0.25, -0.2) is 0 Å². The molecule has 0 unspecified atom stereocenters. The molecule has 0 radical (unpaired) electrons. The summed E-state index contributed by atoms with van der Waals surface area (Å²) in [4.78, 5) is 12.5. The Balaban J connectivity index is 2.13. The first-order chi connectivity index (χ1) is 9.16. The van der Waals surface area contributed by atoms with E-state index in [1.165, 1.54) is 0 Å². The standard InChI is InChI=1S/C15H12N2OS/c16-9-5-6-11(13(17)7-9)15(18)12-8-19-14-4-2-1-3-10(12)14/h1-8H,16-17H2. The lowest BCUT2D eigenvalue weighted by Gasteiger charge is -2.05. The second-order valence-corrected chi connectivity index (χ2v) is 5.23. The van der Waals surface area contributed by atoms with Crippen LogP contribution in [0.5, 0.6) is 0 Å². The summed E-state index contributed by atoms with van der Waals surface area (Å²) in [6.07, 6.45) is 0. The van der Waals surface area contributed by atoms with Crippen LogP contribution in [-0.2, 0) is 0 Å². The molecule has 0 aliphatic rings. The molecule has 2 aromatic carbocycles. The van der Waals surface area contributed by atoms with E-state index in [4.69, 9.17) is 11.5 Å². The lowest BCUT2D eigenvalue weighted by atomic mass is 10.0. The number of thiophene rings is 1. The molecule has 0 spiro atoms. The predicted molar refractivity (Wildman–Crippen MR) is 80.5 cm³/mol. The van der Waals surface area contributed by atoms with Gasteiger partial charge in [0.05, 0.1) is 0 Å². The van der Waals surface area contributed by atoms with Gasteiger partial charge in [0.1, 0.15) is 0 Å². The Hall–Kier alpha value is -2.33. The number of nitrogen functional groups attached to an aromatic ring is 2. The maximum atomic E-state index is 12.5. The van der Waals surface area contributed by atoms with E-state index in [1.807, 2.05) is 29.6 Å². The van der Waals surface area contributed by atoms with Crippen molar-refractivity contribution in [3.63, 3.8) is 0 Å². The van der Waals surface area contributed by atoms with Gasteiger partial charge in [0.15, 0.2) is 5.78 Å². The number of carbonyl (C=O) groups excluding carboxylic acids is 1. The van der Waals surface area contributed by atoms with Crippen LogP contribution in [0.1, 0.15) is 15.9 Å². The fourth-order valence-electron chi connectivity index (χ4n) is 2.09.